The molecule has 2 aliphatic heterocycles. The van der Waals surface area contributed by atoms with Gasteiger partial charge >= 0.3 is 35.5 Å². The van der Waals surface area contributed by atoms with Gasteiger partial charge in [0.2, 0.25) is 0 Å². The number of amides is 1. The third-order valence-electron chi connectivity index (χ3n) is 2.85. The third kappa shape index (κ3) is 3.39. The van der Waals surface area contributed by atoms with Gasteiger partial charge in [0.1, 0.15) is 18.3 Å². The van der Waals surface area contributed by atoms with Crippen molar-refractivity contribution in [1.29, 1.82) is 0 Å². The molecule has 2 heterocycles. The molecule has 1 fully saturated rings. The van der Waals surface area contributed by atoms with Gasteiger partial charge in [-0.2, -0.15) is 0 Å². The molecule has 0 aromatic heterocycles. The molecular weight excluding hydrogens is 309 g/mol. The third-order valence-corrected chi connectivity index (χ3v) is 4.14. The number of esters is 1. The number of aliphatic carboxylic acids is 1. The second-order valence-electron chi connectivity index (χ2n) is 4.12. The maximum absolute atomic E-state index is 11.8. The van der Waals surface area contributed by atoms with Gasteiger partial charge in [-0.1, -0.05) is 0 Å². The van der Waals surface area contributed by atoms with Crippen LogP contribution in [0.4, 0.5) is 0 Å². The van der Waals surface area contributed by atoms with Crippen molar-refractivity contribution < 1.29 is 58.6 Å². The molecule has 1 saturated heterocycles. The van der Waals surface area contributed by atoms with Gasteiger partial charge in [-0.3, -0.25) is 19.3 Å². The molecule has 0 radical (unpaired) electrons. The number of carbonyl (C=O) groups excluding carboxylic acids is 4. The van der Waals surface area contributed by atoms with Gasteiger partial charge < -0.3 is 14.6 Å². The van der Waals surface area contributed by atoms with E-state index in [1.54, 1.807) is 0 Å². The number of β-lactam (4-membered cyclic amide) rings is 1. The zero-order chi connectivity index (χ0) is 14.9. The van der Waals surface area contributed by atoms with E-state index in [-0.39, 0.29) is 53.2 Å². The van der Waals surface area contributed by atoms with Gasteiger partial charge in [-0.25, -0.2) is 0 Å². The number of carbonyl (C=O) groups is 4. The summed E-state index contributed by atoms with van der Waals surface area (Å²) in [5.41, 5.74) is 0.290. The van der Waals surface area contributed by atoms with E-state index in [4.69, 9.17) is 4.74 Å². The summed E-state index contributed by atoms with van der Waals surface area (Å²) in [6.45, 7) is 1.01. The normalized spacial score (nSPS) is 22.1. The average molecular weight is 319 g/mol. The predicted molar refractivity (Wildman–Crippen MR) is 65.9 cm³/mol. The first-order valence-electron chi connectivity index (χ1n) is 5.64. The van der Waals surface area contributed by atoms with E-state index in [2.05, 4.69) is 0 Å². The molecule has 1 amide bonds. The van der Waals surface area contributed by atoms with Crippen LogP contribution in [-0.4, -0.2) is 46.8 Å². The van der Waals surface area contributed by atoms with Crippen LogP contribution < -0.4 is 34.7 Å². The van der Waals surface area contributed by atoms with Crippen LogP contribution in [0.1, 0.15) is 6.92 Å². The summed E-state index contributed by atoms with van der Waals surface area (Å²) < 4.78 is 4.77. The Morgan fingerprint density at radius 3 is 2.71 bits per heavy atom. The molecule has 0 bridgehead atoms. The van der Waals surface area contributed by atoms with Crippen molar-refractivity contribution in [2.45, 2.75) is 12.3 Å². The average Bonchev–Trinajstić information content (AvgIpc) is 2.40. The standard InChI is InChI=1S/C12H11NO6S.Na/c1-6(15)19-4-7-5-20-11-8(2-3-14)10(16)13(11)9(7)12(17)18;/h2-3,11H,4-5H2,1H3,(H,17,18);/q;+1/p-1/b8-2-;/t11-;/m1./s1. The van der Waals surface area contributed by atoms with E-state index >= 15 is 0 Å². The van der Waals surface area contributed by atoms with Crippen molar-refractivity contribution in [3.63, 3.8) is 0 Å². The molecular formula is C12H10NNaO6S. The number of hydrogen-bond donors (Lipinski definition) is 0. The van der Waals surface area contributed by atoms with Crippen LogP contribution >= 0.6 is 11.8 Å². The van der Waals surface area contributed by atoms with Crippen molar-refractivity contribution in [3.05, 3.63) is 22.9 Å². The number of aldehydes is 1. The van der Waals surface area contributed by atoms with Crippen molar-refractivity contribution in [1.82, 2.24) is 4.90 Å². The first kappa shape index (κ1) is 18.0. The first-order chi connectivity index (χ1) is 9.47. The fourth-order valence-corrected chi connectivity index (χ4v) is 3.28. The minimum atomic E-state index is -1.50. The van der Waals surface area contributed by atoms with E-state index < -0.39 is 23.2 Å². The quantitative estimate of drug-likeness (QED) is 0.169. The number of fused-ring (bicyclic) bond motifs is 1. The summed E-state index contributed by atoms with van der Waals surface area (Å²) in [5, 5.41) is 10.7. The van der Waals surface area contributed by atoms with Crippen LogP contribution in [0.25, 0.3) is 0 Å². The van der Waals surface area contributed by atoms with E-state index in [0.717, 1.165) is 11.0 Å². The van der Waals surface area contributed by atoms with Crippen LogP contribution in [0.5, 0.6) is 0 Å². The van der Waals surface area contributed by atoms with E-state index in [1.165, 1.54) is 18.7 Å². The van der Waals surface area contributed by atoms with Crippen molar-refractivity contribution in [3.8, 4) is 0 Å². The number of ether oxygens (including phenoxy) is 1. The summed E-state index contributed by atoms with van der Waals surface area (Å²) in [6.07, 6.45) is 1.61. The molecule has 0 aliphatic carbocycles. The van der Waals surface area contributed by atoms with Crippen LogP contribution in [-0.2, 0) is 23.9 Å². The Hall–Kier alpha value is -1.09. The van der Waals surface area contributed by atoms with Crippen LogP contribution in [0.3, 0.4) is 0 Å². The molecule has 2 aliphatic rings. The van der Waals surface area contributed by atoms with Gasteiger partial charge in [0.05, 0.1) is 17.2 Å². The molecule has 7 nitrogen and oxygen atoms in total. The van der Waals surface area contributed by atoms with Gasteiger partial charge in [0, 0.05) is 18.2 Å². The molecule has 2 rings (SSSR count). The Labute approximate surface area is 146 Å². The maximum Gasteiger partial charge on any atom is 1.00 e. The Morgan fingerprint density at radius 2 is 2.19 bits per heavy atom. The summed E-state index contributed by atoms with van der Waals surface area (Å²) in [5.74, 6) is -2.31. The Bertz CT molecular complexity index is 570. The summed E-state index contributed by atoms with van der Waals surface area (Å²) in [6, 6.07) is 0. The number of carboxylic acids is 1. The van der Waals surface area contributed by atoms with Crippen molar-refractivity contribution in [2.24, 2.45) is 0 Å². The monoisotopic (exact) mass is 319 g/mol. The molecule has 0 aromatic rings. The molecule has 1 atom stereocenters. The largest absolute Gasteiger partial charge is 1.00 e. The van der Waals surface area contributed by atoms with E-state index in [9.17, 15) is 24.3 Å². The molecule has 0 unspecified atom stereocenters. The molecule has 106 valence electrons. The SMILES string of the molecule is CC(=O)OCC1=C(C(=O)[O-])N2C(=O)/C(=C/C=O)[C@H]2SC1.[Na+]. The van der Waals surface area contributed by atoms with Crippen LogP contribution in [0, 0.1) is 0 Å². The summed E-state index contributed by atoms with van der Waals surface area (Å²) >= 11 is 1.28. The van der Waals surface area contributed by atoms with Crippen molar-refractivity contribution in [2.75, 3.05) is 12.4 Å². The van der Waals surface area contributed by atoms with Gasteiger partial charge in [0.25, 0.3) is 5.91 Å². The molecule has 0 saturated carbocycles. The number of allylic oxidation sites excluding steroid dienone is 1. The van der Waals surface area contributed by atoms with Gasteiger partial charge in [0.15, 0.2) is 0 Å². The second-order valence-corrected chi connectivity index (χ2v) is 5.19. The smallest absolute Gasteiger partial charge is 0.543 e. The zero-order valence-corrected chi connectivity index (χ0v) is 14.3. The number of nitrogens with zero attached hydrogens (tertiary/aromatic N) is 1. The van der Waals surface area contributed by atoms with E-state index in [1.807, 2.05) is 0 Å². The Balaban J connectivity index is 0.00000220. The zero-order valence-electron chi connectivity index (χ0n) is 11.5. The topological polar surface area (TPSA) is 104 Å². The number of rotatable bonds is 4. The molecule has 21 heavy (non-hydrogen) atoms. The fourth-order valence-electron chi connectivity index (χ4n) is 1.99. The van der Waals surface area contributed by atoms with Crippen molar-refractivity contribution >= 4 is 35.9 Å². The second kappa shape index (κ2) is 7.26. The van der Waals surface area contributed by atoms with E-state index in [0.29, 0.717) is 11.9 Å². The number of thioether (sulfide) groups is 1. The molecule has 0 aromatic carbocycles. The molecule has 0 spiro atoms. The molecule has 0 N–H and O–H groups in total. The summed E-state index contributed by atoms with van der Waals surface area (Å²) in [4.78, 5) is 45.3. The Morgan fingerprint density at radius 1 is 1.52 bits per heavy atom. The minimum Gasteiger partial charge on any atom is -0.543 e. The fraction of sp³-hybridized carbons (Fsp3) is 0.333. The predicted octanol–water partition coefficient (Wildman–Crippen LogP) is -4.40. The maximum atomic E-state index is 11.8. The first-order valence-corrected chi connectivity index (χ1v) is 6.69. The number of carboxylic acid groups (broad SMARTS) is 1. The molecule has 9 heteroatoms. The van der Waals surface area contributed by atoms with Crippen LogP contribution in [0.2, 0.25) is 0 Å². The Kier molecular flexibility index (Phi) is 6.21. The number of hydrogen-bond acceptors (Lipinski definition) is 7. The van der Waals surface area contributed by atoms with Crippen LogP contribution in [0.15, 0.2) is 22.9 Å². The minimum absolute atomic E-state index is 0. The van der Waals surface area contributed by atoms with Gasteiger partial charge in [-0.05, 0) is 6.08 Å². The summed E-state index contributed by atoms with van der Waals surface area (Å²) in [7, 11) is 0. The van der Waals surface area contributed by atoms with Gasteiger partial charge in [-0.15, -0.1) is 11.8 Å².